The van der Waals surface area contributed by atoms with E-state index in [2.05, 4.69) is 43.0 Å². The molecule has 0 bridgehead atoms. The molecule has 1 aromatic heterocycles. The van der Waals surface area contributed by atoms with Crippen molar-refractivity contribution in [2.24, 2.45) is 5.92 Å². The average Bonchev–Trinajstić information content (AvgIpc) is 2.85. The van der Waals surface area contributed by atoms with Crippen LogP contribution in [0.3, 0.4) is 0 Å². The largest absolute Gasteiger partial charge is 0.283 e. The Morgan fingerprint density at radius 2 is 1.78 bits per heavy atom. The number of nitrogens with zero attached hydrogens (tertiary/aromatic N) is 2. The lowest BCUT2D eigenvalue weighted by molar-refractivity contribution is 0.298. The van der Waals surface area contributed by atoms with Gasteiger partial charge in [0.1, 0.15) is 0 Å². The zero-order chi connectivity index (χ0) is 21.9. The van der Waals surface area contributed by atoms with Crippen LogP contribution in [0, 0.1) is 5.92 Å². The first-order chi connectivity index (χ1) is 15.8. The van der Waals surface area contributed by atoms with Crippen LogP contribution < -0.4 is 5.56 Å². The fraction of sp³-hybridized carbons (Fsp3) is 0.357. The first kappa shape index (κ1) is 21.3. The molecule has 1 atom stereocenters. The molecular formula is C28H30N2OS. The van der Waals surface area contributed by atoms with Crippen LogP contribution in [0.2, 0.25) is 0 Å². The van der Waals surface area contributed by atoms with E-state index in [9.17, 15) is 4.79 Å². The maximum atomic E-state index is 14.1. The summed E-state index contributed by atoms with van der Waals surface area (Å²) in [5.74, 6) is 1.57. The molecule has 3 nitrogen and oxygen atoms in total. The number of hydrogen-bond donors (Lipinski definition) is 0. The molecule has 0 spiro atoms. The van der Waals surface area contributed by atoms with E-state index in [1.807, 2.05) is 28.8 Å². The second-order valence-corrected chi connectivity index (χ2v) is 9.99. The van der Waals surface area contributed by atoms with Crippen LogP contribution in [0.1, 0.15) is 54.7 Å². The number of rotatable bonds is 6. The van der Waals surface area contributed by atoms with Crippen LogP contribution in [0.15, 0.2) is 77.2 Å². The van der Waals surface area contributed by atoms with E-state index in [4.69, 9.17) is 4.98 Å². The quantitative estimate of drug-likeness (QED) is 0.250. The van der Waals surface area contributed by atoms with Crippen LogP contribution in [0.4, 0.5) is 0 Å². The molecule has 0 N–H and O–H groups in total. The Kier molecular flexibility index (Phi) is 6.31. The second-order valence-electron chi connectivity index (χ2n) is 9.00. The first-order valence-corrected chi connectivity index (χ1v) is 12.8. The number of benzene rings is 2. The fourth-order valence-corrected chi connectivity index (χ4v) is 6.17. The van der Waals surface area contributed by atoms with Crippen molar-refractivity contribution in [2.45, 2.75) is 56.1 Å². The van der Waals surface area contributed by atoms with Gasteiger partial charge in [-0.3, -0.25) is 9.36 Å². The van der Waals surface area contributed by atoms with Gasteiger partial charge in [-0.05, 0) is 42.2 Å². The highest BCUT2D eigenvalue weighted by molar-refractivity contribution is 7.99. The van der Waals surface area contributed by atoms with Crippen LogP contribution in [-0.2, 0) is 13.0 Å². The smallest absolute Gasteiger partial charge is 0.258 e. The SMILES string of the molecule is C=CCSc1nc2c(c(=O)n1Cc1ccccc1)[C@@H](C1CCCCC1)Cc1ccccc1-2. The van der Waals surface area contributed by atoms with Crippen molar-refractivity contribution >= 4 is 11.8 Å². The zero-order valence-electron chi connectivity index (χ0n) is 18.5. The third kappa shape index (κ3) is 4.09. The van der Waals surface area contributed by atoms with Crippen molar-refractivity contribution < 1.29 is 0 Å². The molecule has 164 valence electrons. The minimum absolute atomic E-state index is 0.149. The highest BCUT2D eigenvalue weighted by atomic mass is 32.2. The van der Waals surface area contributed by atoms with Crippen molar-refractivity contribution in [3.63, 3.8) is 0 Å². The number of fused-ring (bicyclic) bond motifs is 3. The van der Waals surface area contributed by atoms with Crippen molar-refractivity contribution in [1.82, 2.24) is 9.55 Å². The van der Waals surface area contributed by atoms with Gasteiger partial charge < -0.3 is 0 Å². The fourth-order valence-electron chi connectivity index (χ4n) is 5.45. The van der Waals surface area contributed by atoms with Crippen molar-refractivity contribution in [3.05, 3.63) is 94.3 Å². The predicted octanol–water partition coefficient (Wildman–Crippen LogP) is 6.46. The summed E-state index contributed by atoms with van der Waals surface area (Å²) in [6.45, 7) is 4.43. The molecule has 0 aliphatic heterocycles. The van der Waals surface area contributed by atoms with Gasteiger partial charge in [-0.15, -0.1) is 6.58 Å². The van der Waals surface area contributed by atoms with E-state index in [1.165, 1.54) is 37.7 Å². The van der Waals surface area contributed by atoms with Gasteiger partial charge in [0.15, 0.2) is 5.16 Å². The summed E-state index contributed by atoms with van der Waals surface area (Å²) in [6.07, 6.45) is 9.14. The Morgan fingerprint density at radius 3 is 2.56 bits per heavy atom. The molecule has 2 aromatic carbocycles. The Bertz CT molecular complexity index is 1160. The van der Waals surface area contributed by atoms with E-state index >= 15 is 0 Å². The van der Waals surface area contributed by atoms with Gasteiger partial charge in [-0.2, -0.15) is 0 Å². The lowest BCUT2D eigenvalue weighted by Gasteiger charge is -2.35. The van der Waals surface area contributed by atoms with Crippen LogP contribution in [0.5, 0.6) is 0 Å². The minimum Gasteiger partial charge on any atom is -0.283 e. The molecule has 2 aliphatic carbocycles. The van der Waals surface area contributed by atoms with Crippen LogP contribution in [-0.4, -0.2) is 15.3 Å². The van der Waals surface area contributed by atoms with Crippen molar-refractivity contribution in [2.75, 3.05) is 5.75 Å². The highest BCUT2D eigenvalue weighted by Gasteiger charge is 2.35. The van der Waals surface area contributed by atoms with Gasteiger partial charge in [-0.25, -0.2) is 4.98 Å². The van der Waals surface area contributed by atoms with Crippen LogP contribution >= 0.6 is 11.8 Å². The first-order valence-electron chi connectivity index (χ1n) is 11.8. The van der Waals surface area contributed by atoms with E-state index < -0.39 is 0 Å². The molecular weight excluding hydrogens is 412 g/mol. The Hall–Kier alpha value is -2.59. The summed E-state index contributed by atoms with van der Waals surface area (Å²) in [4.78, 5) is 19.3. The molecule has 1 heterocycles. The number of aromatic nitrogens is 2. The van der Waals surface area contributed by atoms with Crippen molar-refractivity contribution in [1.29, 1.82) is 0 Å². The standard InChI is InChI=1S/C28H30N2OS/c1-2-17-32-28-29-26-23-16-10-9-15-22(23)18-24(21-13-7-4-8-14-21)25(26)27(31)30(28)19-20-11-5-3-6-12-20/h2-3,5-6,9-12,15-16,21,24H,1,4,7-8,13-14,17-19H2/t24-/m1/s1. The second kappa shape index (κ2) is 9.50. The van der Waals surface area contributed by atoms with E-state index in [1.54, 1.807) is 11.8 Å². The van der Waals surface area contributed by atoms with Gasteiger partial charge in [0, 0.05) is 16.9 Å². The third-order valence-electron chi connectivity index (χ3n) is 6.98. The predicted molar refractivity (Wildman–Crippen MR) is 133 cm³/mol. The summed E-state index contributed by atoms with van der Waals surface area (Å²) in [7, 11) is 0. The molecule has 0 amide bonds. The van der Waals surface area contributed by atoms with E-state index in [-0.39, 0.29) is 11.5 Å². The molecule has 2 aliphatic rings. The molecule has 0 unspecified atom stereocenters. The molecule has 5 rings (SSSR count). The topological polar surface area (TPSA) is 34.9 Å². The lowest BCUT2D eigenvalue weighted by Crippen LogP contribution is -2.34. The maximum absolute atomic E-state index is 14.1. The molecule has 3 aromatic rings. The number of hydrogen-bond acceptors (Lipinski definition) is 3. The van der Waals surface area contributed by atoms with Crippen LogP contribution in [0.25, 0.3) is 11.3 Å². The Balaban J connectivity index is 1.69. The summed E-state index contributed by atoms with van der Waals surface area (Å²) < 4.78 is 1.91. The molecule has 1 fully saturated rings. The average molecular weight is 443 g/mol. The Labute approximate surface area is 194 Å². The number of thioether (sulfide) groups is 1. The Morgan fingerprint density at radius 1 is 1.03 bits per heavy atom. The van der Waals surface area contributed by atoms with E-state index in [0.717, 1.165) is 39.7 Å². The molecule has 32 heavy (non-hydrogen) atoms. The van der Waals surface area contributed by atoms with Crippen molar-refractivity contribution in [3.8, 4) is 11.3 Å². The summed E-state index contributed by atoms with van der Waals surface area (Å²) in [5.41, 5.74) is 5.62. The minimum atomic E-state index is 0.149. The van der Waals surface area contributed by atoms with Gasteiger partial charge in [-0.1, -0.05) is 91.7 Å². The van der Waals surface area contributed by atoms with Gasteiger partial charge in [0.05, 0.1) is 12.2 Å². The maximum Gasteiger partial charge on any atom is 0.258 e. The molecule has 4 heteroatoms. The summed E-state index contributed by atoms with van der Waals surface area (Å²) in [5, 5.41) is 0.789. The lowest BCUT2D eigenvalue weighted by atomic mass is 9.70. The van der Waals surface area contributed by atoms with Gasteiger partial charge in [0.2, 0.25) is 0 Å². The monoisotopic (exact) mass is 442 g/mol. The molecule has 0 saturated heterocycles. The zero-order valence-corrected chi connectivity index (χ0v) is 19.3. The molecule has 1 saturated carbocycles. The van der Waals surface area contributed by atoms with Gasteiger partial charge >= 0.3 is 0 Å². The van der Waals surface area contributed by atoms with Gasteiger partial charge in [0.25, 0.3) is 5.56 Å². The third-order valence-corrected chi connectivity index (χ3v) is 7.96. The highest BCUT2D eigenvalue weighted by Crippen LogP contribution is 2.45. The summed E-state index contributed by atoms with van der Waals surface area (Å²) in [6, 6.07) is 18.8. The summed E-state index contributed by atoms with van der Waals surface area (Å²) >= 11 is 1.60. The van der Waals surface area contributed by atoms with E-state index in [0.29, 0.717) is 12.5 Å². The normalized spacial score (nSPS) is 18.1. The molecule has 0 radical (unpaired) electrons.